The highest BCUT2D eigenvalue weighted by Gasteiger charge is 2.02. The Hall–Kier alpha value is -0.510. The molecule has 0 rings (SSSR count). The number of allylic oxidation sites excluding steroid dienone is 2. The van der Waals surface area contributed by atoms with Crippen LogP contribution in [0.15, 0.2) is 11.3 Å². The topological polar surface area (TPSA) is 43.4 Å². The molecule has 0 aliphatic rings. The van der Waals surface area contributed by atoms with Crippen molar-refractivity contribution in [3.05, 3.63) is 11.3 Å². The number of rotatable bonds is 2. The number of hydrogen-bond donors (Lipinski definition) is 0. The van der Waals surface area contributed by atoms with Gasteiger partial charge in [0.15, 0.2) is 0 Å². The van der Waals surface area contributed by atoms with E-state index in [1.165, 1.54) is 0 Å². The predicted octanol–water partition coefficient (Wildman–Crippen LogP) is 1.28. The maximum Gasteiger partial charge on any atom is 0.305 e. The second-order valence-corrected chi connectivity index (χ2v) is 3.92. The Balaban J connectivity index is 4.35. The summed E-state index contributed by atoms with van der Waals surface area (Å²) in [5.74, 6) is 0.447. The Bertz CT molecular complexity index is 232. The maximum absolute atomic E-state index is 10.5. The molecule has 10 heavy (non-hydrogen) atoms. The first-order valence-electron chi connectivity index (χ1n) is 2.86. The van der Waals surface area contributed by atoms with Crippen LogP contribution in [0.5, 0.6) is 0 Å². The summed E-state index contributed by atoms with van der Waals surface area (Å²) in [5.41, 5.74) is 0.866. The zero-order chi connectivity index (χ0) is 8.36. The van der Waals surface area contributed by atoms with E-state index in [0.29, 0.717) is 5.76 Å². The first kappa shape index (κ1) is 9.49. The average Bonchev–Trinajstić information content (AvgIpc) is 1.60. The van der Waals surface area contributed by atoms with Gasteiger partial charge in [0.1, 0.15) is 5.76 Å². The fourth-order valence-electron chi connectivity index (χ4n) is 0.310. The largest absolute Gasteiger partial charge is 0.388 e. The zero-order valence-electron chi connectivity index (χ0n) is 6.63. The van der Waals surface area contributed by atoms with Crippen LogP contribution in [-0.2, 0) is 14.3 Å². The van der Waals surface area contributed by atoms with Crippen LogP contribution in [-0.4, -0.2) is 14.7 Å². The lowest BCUT2D eigenvalue weighted by Gasteiger charge is -2.03. The molecule has 0 amide bonds. The van der Waals surface area contributed by atoms with E-state index in [1.807, 2.05) is 0 Å². The molecule has 0 spiro atoms. The van der Waals surface area contributed by atoms with E-state index >= 15 is 0 Å². The summed E-state index contributed by atoms with van der Waals surface area (Å²) in [6, 6.07) is 0. The third kappa shape index (κ3) is 4.38. The van der Waals surface area contributed by atoms with E-state index in [0.717, 1.165) is 11.8 Å². The van der Waals surface area contributed by atoms with Crippen molar-refractivity contribution < 1.29 is 12.6 Å². The fraction of sp³-hybridized carbons (Fsp3) is 0.667. The van der Waals surface area contributed by atoms with Crippen LogP contribution in [0.2, 0.25) is 0 Å². The van der Waals surface area contributed by atoms with Crippen LogP contribution < -0.4 is 0 Å². The smallest absolute Gasteiger partial charge is 0.305 e. The SMILES string of the molecule is CC(C)=C(C)OS(C)(=O)=O. The van der Waals surface area contributed by atoms with Crippen LogP contribution >= 0.6 is 0 Å². The van der Waals surface area contributed by atoms with Crippen LogP contribution in [0, 0.1) is 0 Å². The molecule has 0 aliphatic carbocycles. The molecule has 0 aromatic carbocycles. The predicted molar refractivity (Wildman–Crippen MR) is 40.0 cm³/mol. The Morgan fingerprint density at radius 3 is 1.70 bits per heavy atom. The third-order valence-electron chi connectivity index (χ3n) is 0.980. The van der Waals surface area contributed by atoms with Crippen molar-refractivity contribution in [3.63, 3.8) is 0 Å². The lowest BCUT2D eigenvalue weighted by atomic mass is 10.3. The summed E-state index contributed by atoms with van der Waals surface area (Å²) in [6.45, 7) is 5.21. The van der Waals surface area contributed by atoms with Gasteiger partial charge < -0.3 is 4.18 Å². The molecule has 0 atom stereocenters. The van der Waals surface area contributed by atoms with Crippen molar-refractivity contribution in [2.45, 2.75) is 20.8 Å². The molecule has 0 heterocycles. The summed E-state index contributed by atoms with van der Waals surface area (Å²) in [7, 11) is -3.33. The highest BCUT2D eigenvalue weighted by molar-refractivity contribution is 7.86. The van der Waals surface area contributed by atoms with E-state index < -0.39 is 10.1 Å². The first-order chi connectivity index (χ1) is 4.33. The van der Waals surface area contributed by atoms with E-state index in [-0.39, 0.29) is 0 Å². The molecule has 0 saturated carbocycles. The van der Waals surface area contributed by atoms with Gasteiger partial charge >= 0.3 is 10.1 Å². The minimum atomic E-state index is -3.33. The average molecular weight is 164 g/mol. The minimum absolute atomic E-state index is 0.447. The summed E-state index contributed by atoms with van der Waals surface area (Å²) < 4.78 is 25.5. The number of hydrogen-bond acceptors (Lipinski definition) is 3. The van der Waals surface area contributed by atoms with Crippen molar-refractivity contribution in [3.8, 4) is 0 Å². The molecule has 0 aliphatic heterocycles. The summed E-state index contributed by atoms with van der Waals surface area (Å²) in [6.07, 6.45) is 1.03. The van der Waals surface area contributed by atoms with Crippen molar-refractivity contribution >= 4 is 10.1 Å². The second-order valence-electron chi connectivity index (χ2n) is 2.34. The molecule has 0 unspecified atom stereocenters. The van der Waals surface area contributed by atoms with Gasteiger partial charge in [-0.1, -0.05) is 0 Å². The molecule has 0 radical (unpaired) electrons. The van der Waals surface area contributed by atoms with E-state index in [1.54, 1.807) is 20.8 Å². The summed E-state index contributed by atoms with van der Waals surface area (Å²) >= 11 is 0. The minimum Gasteiger partial charge on any atom is -0.388 e. The van der Waals surface area contributed by atoms with Gasteiger partial charge in [0, 0.05) is 0 Å². The summed E-state index contributed by atoms with van der Waals surface area (Å²) in [4.78, 5) is 0. The summed E-state index contributed by atoms with van der Waals surface area (Å²) in [5, 5.41) is 0. The zero-order valence-corrected chi connectivity index (χ0v) is 7.45. The quantitative estimate of drug-likeness (QED) is 0.456. The van der Waals surface area contributed by atoms with Gasteiger partial charge in [0.05, 0.1) is 6.26 Å². The molecule has 0 bridgehead atoms. The second kappa shape index (κ2) is 3.05. The van der Waals surface area contributed by atoms with Crippen molar-refractivity contribution in [1.29, 1.82) is 0 Å². The molecular weight excluding hydrogens is 152 g/mol. The maximum atomic E-state index is 10.5. The van der Waals surface area contributed by atoms with Gasteiger partial charge in [-0.3, -0.25) is 0 Å². The van der Waals surface area contributed by atoms with Crippen molar-refractivity contribution in [2.24, 2.45) is 0 Å². The van der Waals surface area contributed by atoms with Crippen molar-refractivity contribution in [2.75, 3.05) is 6.26 Å². The van der Waals surface area contributed by atoms with Gasteiger partial charge in [0.2, 0.25) is 0 Å². The Morgan fingerprint density at radius 1 is 1.20 bits per heavy atom. The van der Waals surface area contributed by atoms with E-state index in [2.05, 4.69) is 4.18 Å². The van der Waals surface area contributed by atoms with E-state index in [9.17, 15) is 8.42 Å². The molecule has 0 aromatic heterocycles. The van der Waals surface area contributed by atoms with Gasteiger partial charge in [0.25, 0.3) is 0 Å². The monoisotopic (exact) mass is 164 g/mol. The molecule has 0 fully saturated rings. The Kier molecular flexibility index (Phi) is 2.90. The molecule has 0 saturated heterocycles. The Labute approximate surface area is 61.8 Å². The Morgan fingerprint density at radius 2 is 1.60 bits per heavy atom. The molecule has 60 valence electrons. The van der Waals surface area contributed by atoms with Gasteiger partial charge in [-0.05, 0) is 26.3 Å². The molecule has 3 nitrogen and oxygen atoms in total. The lowest BCUT2D eigenvalue weighted by molar-refractivity contribution is 0.409. The molecule has 0 N–H and O–H groups in total. The van der Waals surface area contributed by atoms with Crippen LogP contribution in [0.25, 0.3) is 0 Å². The van der Waals surface area contributed by atoms with Gasteiger partial charge in [-0.2, -0.15) is 8.42 Å². The van der Waals surface area contributed by atoms with Crippen LogP contribution in [0.4, 0.5) is 0 Å². The third-order valence-corrected chi connectivity index (χ3v) is 1.53. The highest BCUT2D eigenvalue weighted by atomic mass is 32.2. The van der Waals surface area contributed by atoms with E-state index in [4.69, 9.17) is 0 Å². The first-order valence-corrected chi connectivity index (χ1v) is 4.68. The van der Waals surface area contributed by atoms with Gasteiger partial charge in [-0.15, -0.1) is 0 Å². The normalized spacial score (nSPS) is 10.8. The molecular formula is C6H12O3S. The standard InChI is InChI=1S/C6H12O3S/c1-5(2)6(3)9-10(4,7)8/h1-4H3. The molecule has 4 heteroatoms. The van der Waals surface area contributed by atoms with Crippen LogP contribution in [0.1, 0.15) is 20.8 Å². The fourth-order valence-corrected chi connectivity index (χ4v) is 0.931. The van der Waals surface area contributed by atoms with Gasteiger partial charge in [-0.25, -0.2) is 0 Å². The van der Waals surface area contributed by atoms with Crippen LogP contribution in [0.3, 0.4) is 0 Å². The highest BCUT2D eigenvalue weighted by Crippen LogP contribution is 2.06. The lowest BCUT2D eigenvalue weighted by Crippen LogP contribution is -2.01. The van der Waals surface area contributed by atoms with Crippen molar-refractivity contribution in [1.82, 2.24) is 0 Å². The molecule has 0 aromatic rings.